The maximum atomic E-state index is 6.32. The molecule has 0 bridgehead atoms. The average molecular weight is 354 g/mol. The van der Waals surface area contributed by atoms with Gasteiger partial charge in [-0.3, -0.25) is 0 Å². The molecule has 1 heterocycles. The molecule has 26 heavy (non-hydrogen) atoms. The van der Waals surface area contributed by atoms with Crippen molar-refractivity contribution in [1.29, 1.82) is 0 Å². The molecular formula is C24H16ClN. The number of fused-ring (bicyclic) bond motifs is 3. The summed E-state index contributed by atoms with van der Waals surface area (Å²) in [6, 6.07) is 33.7. The molecule has 0 N–H and O–H groups in total. The van der Waals surface area contributed by atoms with Gasteiger partial charge in [-0.2, -0.15) is 0 Å². The van der Waals surface area contributed by atoms with Crippen LogP contribution in [0.15, 0.2) is 97.1 Å². The predicted octanol–water partition coefficient (Wildman–Crippen LogP) is 7.10. The minimum atomic E-state index is 0.759. The highest BCUT2D eigenvalue weighted by molar-refractivity contribution is 6.32. The number of para-hydroxylation sites is 1. The monoisotopic (exact) mass is 353 g/mol. The van der Waals surface area contributed by atoms with Crippen LogP contribution in [0.25, 0.3) is 38.6 Å². The Bertz CT molecular complexity index is 1220. The molecule has 124 valence electrons. The molecule has 0 fully saturated rings. The lowest BCUT2D eigenvalue weighted by molar-refractivity contribution is 1.18. The first-order chi connectivity index (χ1) is 12.8. The molecule has 0 unspecified atom stereocenters. The fourth-order valence-electron chi connectivity index (χ4n) is 3.66. The summed E-state index contributed by atoms with van der Waals surface area (Å²) in [7, 11) is 0. The second kappa shape index (κ2) is 6.05. The number of aromatic nitrogens is 1. The van der Waals surface area contributed by atoms with Crippen LogP contribution in [0.2, 0.25) is 5.02 Å². The van der Waals surface area contributed by atoms with Gasteiger partial charge in [0, 0.05) is 21.5 Å². The SMILES string of the molecule is Clc1ccc2c(c1)c1cc(-c3ccccc3)ccc1n2-c1ccccc1. The number of hydrogen-bond donors (Lipinski definition) is 0. The van der Waals surface area contributed by atoms with E-state index in [1.54, 1.807) is 0 Å². The van der Waals surface area contributed by atoms with Gasteiger partial charge in [0.1, 0.15) is 0 Å². The Labute approximate surface area is 157 Å². The van der Waals surface area contributed by atoms with Gasteiger partial charge in [-0.25, -0.2) is 0 Å². The Morgan fingerprint density at radius 2 is 1.15 bits per heavy atom. The Morgan fingerprint density at radius 1 is 0.538 bits per heavy atom. The molecule has 5 aromatic rings. The van der Waals surface area contributed by atoms with E-state index in [1.807, 2.05) is 18.2 Å². The zero-order valence-electron chi connectivity index (χ0n) is 14.1. The lowest BCUT2D eigenvalue weighted by Gasteiger charge is -2.08. The summed E-state index contributed by atoms with van der Waals surface area (Å²) in [6.45, 7) is 0. The van der Waals surface area contributed by atoms with Gasteiger partial charge in [0.15, 0.2) is 0 Å². The van der Waals surface area contributed by atoms with Crippen LogP contribution >= 0.6 is 11.6 Å². The molecule has 0 spiro atoms. The molecule has 0 aliphatic rings. The van der Waals surface area contributed by atoms with Gasteiger partial charge in [-0.1, -0.05) is 66.2 Å². The van der Waals surface area contributed by atoms with E-state index in [4.69, 9.17) is 11.6 Å². The predicted molar refractivity (Wildman–Crippen MR) is 111 cm³/mol. The van der Waals surface area contributed by atoms with Gasteiger partial charge < -0.3 is 4.57 Å². The second-order valence-corrected chi connectivity index (χ2v) is 6.87. The highest BCUT2D eigenvalue weighted by Gasteiger charge is 2.13. The number of nitrogens with zero attached hydrogens (tertiary/aromatic N) is 1. The van der Waals surface area contributed by atoms with Crippen LogP contribution in [-0.2, 0) is 0 Å². The molecule has 0 saturated carbocycles. The van der Waals surface area contributed by atoms with E-state index in [9.17, 15) is 0 Å². The van der Waals surface area contributed by atoms with Crippen LogP contribution in [0, 0.1) is 0 Å². The van der Waals surface area contributed by atoms with Crippen LogP contribution in [0.3, 0.4) is 0 Å². The van der Waals surface area contributed by atoms with Gasteiger partial charge >= 0.3 is 0 Å². The molecule has 5 rings (SSSR count). The topological polar surface area (TPSA) is 4.93 Å². The molecule has 0 amide bonds. The zero-order chi connectivity index (χ0) is 17.5. The lowest BCUT2D eigenvalue weighted by atomic mass is 10.0. The van der Waals surface area contributed by atoms with E-state index in [1.165, 1.54) is 32.9 Å². The minimum absolute atomic E-state index is 0.759. The Kier molecular flexibility index (Phi) is 3.55. The normalized spacial score (nSPS) is 11.3. The smallest absolute Gasteiger partial charge is 0.0542 e. The van der Waals surface area contributed by atoms with Crippen molar-refractivity contribution in [3.8, 4) is 16.8 Å². The summed E-state index contributed by atoms with van der Waals surface area (Å²) in [5, 5.41) is 3.15. The number of rotatable bonds is 2. The fourth-order valence-corrected chi connectivity index (χ4v) is 3.83. The van der Waals surface area contributed by atoms with Gasteiger partial charge in [0.05, 0.1) is 11.0 Å². The molecule has 0 saturated heterocycles. The molecule has 0 radical (unpaired) electrons. The molecule has 2 heteroatoms. The maximum Gasteiger partial charge on any atom is 0.0542 e. The summed E-state index contributed by atoms with van der Waals surface area (Å²) >= 11 is 6.32. The summed E-state index contributed by atoms with van der Waals surface area (Å²) < 4.78 is 2.30. The highest BCUT2D eigenvalue weighted by Crippen LogP contribution is 2.35. The van der Waals surface area contributed by atoms with Gasteiger partial charge in [-0.05, 0) is 53.6 Å². The quantitative estimate of drug-likeness (QED) is 0.319. The molecule has 1 nitrogen and oxygen atoms in total. The van der Waals surface area contributed by atoms with Crippen LogP contribution in [-0.4, -0.2) is 4.57 Å². The molecule has 0 atom stereocenters. The van der Waals surface area contributed by atoms with Crippen LogP contribution < -0.4 is 0 Å². The average Bonchev–Trinajstić information content (AvgIpc) is 3.02. The van der Waals surface area contributed by atoms with E-state index in [0.717, 1.165) is 10.7 Å². The van der Waals surface area contributed by atoms with Crippen LogP contribution in [0.1, 0.15) is 0 Å². The Morgan fingerprint density at radius 3 is 1.88 bits per heavy atom. The van der Waals surface area contributed by atoms with E-state index < -0.39 is 0 Å². The van der Waals surface area contributed by atoms with E-state index >= 15 is 0 Å². The first kappa shape index (κ1) is 15.2. The van der Waals surface area contributed by atoms with Crippen molar-refractivity contribution in [3.05, 3.63) is 102 Å². The van der Waals surface area contributed by atoms with Crippen molar-refractivity contribution in [3.63, 3.8) is 0 Å². The molecule has 0 aliphatic heterocycles. The third kappa shape index (κ3) is 2.40. The fraction of sp³-hybridized carbons (Fsp3) is 0. The van der Waals surface area contributed by atoms with Crippen molar-refractivity contribution in [2.75, 3.05) is 0 Å². The summed E-state index contributed by atoms with van der Waals surface area (Å²) in [4.78, 5) is 0. The number of halogens is 1. The summed E-state index contributed by atoms with van der Waals surface area (Å²) in [6.07, 6.45) is 0. The standard InChI is InChI=1S/C24H16ClN/c25-19-12-14-24-22(16-19)21-15-18(17-7-3-1-4-8-17)11-13-23(21)26(24)20-9-5-2-6-10-20/h1-16H. The Balaban J connectivity index is 1.87. The first-order valence-corrected chi connectivity index (χ1v) is 9.04. The van der Waals surface area contributed by atoms with Crippen molar-refractivity contribution in [1.82, 2.24) is 4.57 Å². The van der Waals surface area contributed by atoms with Gasteiger partial charge in [0.2, 0.25) is 0 Å². The zero-order valence-corrected chi connectivity index (χ0v) is 14.8. The Hall–Kier alpha value is -3.03. The van der Waals surface area contributed by atoms with Crippen molar-refractivity contribution in [2.45, 2.75) is 0 Å². The first-order valence-electron chi connectivity index (χ1n) is 8.66. The summed E-state index contributed by atoms with van der Waals surface area (Å²) in [5.74, 6) is 0. The van der Waals surface area contributed by atoms with E-state index in [2.05, 4.69) is 83.4 Å². The van der Waals surface area contributed by atoms with E-state index in [0.29, 0.717) is 0 Å². The third-order valence-electron chi connectivity index (χ3n) is 4.85. The third-order valence-corrected chi connectivity index (χ3v) is 5.08. The summed E-state index contributed by atoms with van der Waals surface area (Å²) in [5.41, 5.74) is 5.94. The maximum absolute atomic E-state index is 6.32. The molecule has 4 aromatic carbocycles. The molecule has 0 aliphatic carbocycles. The molecular weight excluding hydrogens is 338 g/mol. The van der Waals surface area contributed by atoms with Crippen LogP contribution in [0.4, 0.5) is 0 Å². The van der Waals surface area contributed by atoms with Gasteiger partial charge in [0.25, 0.3) is 0 Å². The number of hydrogen-bond acceptors (Lipinski definition) is 0. The van der Waals surface area contributed by atoms with Crippen molar-refractivity contribution >= 4 is 33.4 Å². The lowest BCUT2D eigenvalue weighted by Crippen LogP contribution is -1.92. The highest BCUT2D eigenvalue weighted by atomic mass is 35.5. The van der Waals surface area contributed by atoms with Gasteiger partial charge in [-0.15, -0.1) is 0 Å². The van der Waals surface area contributed by atoms with Crippen molar-refractivity contribution in [2.24, 2.45) is 0 Å². The van der Waals surface area contributed by atoms with E-state index in [-0.39, 0.29) is 0 Å². The molecule has 1 aromatic heterocycles. The van der Waals surface area contributed by atoms with Crippen LogP contribution in [0.5, 0.6) is 0 Å². The second-order valence-electron chi connectivity index (χ2n) is 6.43. The minimum Gasteiger partial charge on any atom is -0.309 e. The largest absolute Gasteiger partial charge is 0.309 e. The number of benzene rings is 4. The van der Waals surface area contributed by atoms with Crippen molar-refractivity contribution < 1.29 is 0 Å².